The first-order valence-corrected chi connectivity index (χ1v) is 7.12. The summed E-state index contributed by atoms with van der Waals surface area (Å²) in [5, 5.41) is 19.4. The summed E-state index contributed by atoms with van der Waals surface area (Å²) in [6.07, 6.45) is 0.140. The molecule has 5 nitrogen and oxygen atoms in total. The number of hydrogen-bond donors (Lipinski definition) is 1. The van der Waals surface area contributed by atoms with Gasteiger partial charge in [-0.25, -0.2) is 0 Å². The number of nitro groups is 1. The van der Waals surface area contributed by atoms with Gasteiger partial charge in [0.25, 0.3) is 5.69 Å². The molecule has 0 aliphatic heterocycles. The van der Waals surface area contributed by atoms with Crippen LogP contribution >= 0.6 is 11.6 Å². The summed E-state index contributed by atoms with van der Waals surface area (Å²) in [7, 11) is 0. The lowest BCUT2D eigenvalue weighted by Crippen LogP contribution is -2.00. The van der Waals surface area contributed by atoms with E-state index in [4.69, 9.17) is 16.7 Å². The molecule has 2 aromatic rings. The third-order valence-electron chi connectivity index (χ3n) is 3.28. The Balaban J connectivity index is 2.35. The van der Waals surface area contributed by atoms with Gasteiger partial charge in [-0.1, -0.05) is 36.4 Å². The number of aliphatic carboxylic acids is 1. The molecule has 0 heterocycles. The number of rotatable bonds is 6. The maximum Gasteiger partial charge on any atom is 0.303 e. The quantitative estimate of drug-likeness (QED) is 0.486. The molecule has 0 aliphatic carbocycles. The van der Waals surface area contributed by atoms with Crippen LogP contribution in [0.5, 0.6) is 0 Å². The van der Waals surface area contributed by atoms with Crippen molar-refractivity contribution < 1.29 is 14.8 Å². The Kier molecular flexibility index (Phi) is 5.12. The fourth-order valence-corrected chi connectivity index (χ4v) is 2.42. The normalized spacial score (nSPS) is 11.9. The SMILES string of the molecule is O=C(O)CCC(Cl)c1ccc(-c2ccccc2)c([N+](=O)[O-])c1. The topological polar surface area (TPSA) is 80.4 Å². The van der Waals surface area contributed by atoms with Crippen molar-refractivity contribution in [2.24, 2.45) is 0 Å². The van der Waals surface area contributed by atoms with Gasteiger partial charge >= 0.3 is 5.97 Å². The Morgan fingerprint density at radius 3 is 2.50 bits per heavy atom. The van der Waals surface area contributed by atoms with Crippen LogP contribution in [0.3, 0.4) is 0 Å². The van der Waals surface area contributed by atoms with E-state index in [-0.39, 0.29) is 18.5 Å². The summed E-state index contributed by atoms with van der Waals surface area (Å²) >= 11 is 6.14. The summed E-state index contributed by atoms with van der Waals surface area (Å²) < 4.78 is 0. The first kappa shape index (κ1) is 16.0. The highest BCUT2D eigenvalue weighted by Crippen LogP contribution is 2.35. The molecule has 1 unspecified atom stereocenters. The van der Waals surface area contributed by atoms with Crippen LogP contribution in [0, 0.1) is 10.1 Å². The second-order valence-electron chi connectivity index (χ2n) is 4.80. The summed E-state index contributed by atoms with van der Waals surface area (Å²) in [5.41, 5.74) is 1.77. The molecule has 0 saturated carbocycles. The number of carbonyl (C=O) groups is 1. The molecule has 1 atom stereocenters. The molecule has 0 radical (unpaired) electrons. The van der Waals surface area contributed by atoms with E-state index in [1.165, 1.54) is 6.07 Å². The molecule has 2 aromatic carbocycles. The second-order valence-corrected chi connectivity index (χ2v) is 5.33. The number of nitro benzene ring substituents is 1. The predicted molar refractivity (Wildman–Crippen MR) is 84.0 cm³/mol. The maximum absolute atomic E-state index is 11.3. The van der Waals surface area contributed by atoms with E-state index in [0.717, 1.165) is 5.56 Å². The molecule has 1 N–H and O–H groups in total. The lowest BCUT2D eigenvalue weighted by Gasteiger charge is -2.10. The van der Waals surface area contributed by atoms with Crippen LogP contribution in [0.1, 0.15) is 23.8 Å². The van der Waals surface area contributed by atoms with Crippen molar-refractivity contribution in [3.8, 4) is 11.1 Å². The maximum atomic E-state index is 11.3. The molecule has 114 valence electrons. The second kappa shape index (κ2) is 7.04. The molecule has 0 amide bonds. The average molecular weight is 320 g/mol. The first-order chi connectivity index (χ1) is 10.5. The van der Waals surface area contributed by atoms with Crippen molar-refractivity contribution in [1.82, 2.24) is 0 Å². The summed E-state index contributed by atoms with van der Waals surface area (Å²) in [6, 6.07) is 13.8. The standard InChI is InChI=1S/C16H14ClNO4/c17-14(8-9-16(19)20)12-6-7-13(15(10-12)18(21)22)11-4-2-1-3-5-11/h1-7,10,14H,8-9H2,(H,19,20). The highest BCUT2D eigenvalue weighted by Gasteiger charge is 2.19. The summed E-state index contributed by atoms with van der Waals surface area (Å²) in [4.78, 5) is 21.4. The minimum absolute atomic E-state index is 0.0373. The predicted octanol–water partition coefficient (Wildman–Crippen LogP) is 4.41. The number of benzene rings is 2. The van der Waals surface area contributed by atoms with Crippen LogP contribution in [0.4, 0.5) is 5.69 Å². The molecule has 0 spiro atoms. The van der Waals surface area contributed by atoms with Gasteiger partial charge in [-0.3, -0.25) is 14.9 Å². The van der Waals surface area contributed by atoms with Crippen molar-refractivity contribution in [2.75, 3.05) is 0 Å². The third kappa shape index (κ3) is 3.83. The van der Waals surface area contributed by atoms with Crippen molar-refractivity contribution in [3.63, 3.8) is 0 Å². The minimum atomic E-state index is -0.943. The van der Waals surface area contributed by atoms with Gasteiger partial charge in [0.05, 0.1) is 15.9 Å². The summed E-state index contributed by atoms with van der Waals surface area (Å²) in [6.45, 7) is 0. The highest BCUT2D eigenvalue weighted by molar-refractivity contribution is 6.20. The van der Waals surface area contributed by atoms with Crippen molar-refractivity contribution in [1.29, 1.82) is 0 Å². The molecule has 2 rings (SSSR count). The van der Waals surface area contributed by atoms with Gasteiger partial charge in [-0.05, 0) is 23.6 Å². The first-order valence-electron chi connectivity index (χ1n) is 6.68. The number of carboxylic acid groups (broad SMARTS) is 1. The largest absolute Gasteiger partial charge is 0.481 e. The van der Waals surface area contributed by atoms with E-state index >= 15 is 0 Å². The van der Waals surface area contributed by atoms with Crippen LogP contribution in [-0.4, -0.2) is 16.0 Å². The Labute approximate surface area is 132 Å². The zero-order chi connectivity index (χ0) is 16.1. The smallest absolute Gasteiger partial charge is 0.303 e. The zero-order valence-corrected chi connectivity index (χ0v) is 12.4. The molecule has 6 heteroatoms. The van der Waals surface area contributed by atoms with Gasteiger partial charge in [0.15, 0.2) is 0 Å². The van der Waals surface area contributed by atoms with Gasteiger partial charge in [0, 0.05) is 12.5 Å². The Morgan fingerprint density at radius 1 is 1.23 bits per heavy atom. The lowest BCUT2D eigenvalue weighted by atomic mass is 9.99. The Bertz CT molecular complexity index is 688. The van der Waals surface area contributed by atoms with Gasteiger partial charge < -0.3 is 5.11 Å². The van der Waals surface area contributed by atoms with Gasteiger partial charge in [0.2, 0.25) is 0 Å². The molecule has 0 aliphatic rings. The fraction of sp³-hybridized carbons (Fsp3) is 0.188. The van der Waals surface area contributed by atoms with E-state index < -0.39 is 16.3 Å². The monoisotopic (exact) mass is 319 g/mol. The van der Waals surface area contributed by atoms with E-state index in [1.807, 2.05) is 18.2 Å². The van der Waals surface area contributed by atoms with Crippen LogP contribution in [-0.2, 0) is 4.79 Å². The van der Waals surface area contributed by atoms with E-state index in [2.05, 4.69) is 0 Å². The van der Waals surface area contributed by atoms with Gasteiger partial charge in [-0.2, -0.15) is 0 Å². The van der Waals surface area contributed by atoms with Crippen LogP contribution in [0.25, 0.3) is 11.1 Å². The molecular weight excluding hydrogens is 306 g/mol. The Hall–Kier alpha value is -2.40. The van der Waals surface area contributed by atoms with Crippen LogP contribution < -0.4 is 0 Å². The summed E-state index contributed by atoms with van der Waals surface area (Å²) in [5.74, 6) is -0.943. The van der Waals surface area contributed by atoms with E-state index in [9.17, 15) is 14.9 Å². The number of carboxylic acids is 1. The molecule has 22 heavy (non-hydrogen) atoms. The Morgan fingerprint density at radius 2 is 1.91 bits per heavy atom. The van der Waals surface area contributed by atoms with Crippen molar-refractivity contribution >= 4 is 23.3 Å². The number of halogens is 1. The fourth-order valence-electron chi connectivity index (χ4n) is 2.17. The van der Waals surface area contributed by atoms with Crippen LogP contribution in [0.15, 0.2) is 48.5 Å². The van der Waals surface area contributed by atoms with Gasteiger partial charge in [-0.15, -0.1) is 11.6 Å². The average Bonchev–Trinajstić information content (AvgIpc) is 2.52. The number of nitrogens with zero attached hydrogens (tertiary/aromatic N) is 1. The van der Waals surface area contributed by atoms with Crippen molar-refractivity contribution in [3.05, 3.63) is 64.2 Å². The van der Waals surface area contributed by atoms with Crippen LogP contribution in [0.2, 0.25) is 0 Å². The number of alkyl halides is 1. The highest BCUT2D eigenvalue weighted by atomic mass is 35.5. The molecule has 0 fully saturated rings. The zero-order valence-electron chi connectivity index (χ0n) is 11.6. The van der Waals surface area contributed by atoms with Crippen molar-refractivity contribution in [2.45, 2.75) is 18.2 Å². The van der Waals surface area contributed by atoms with E-state index in [1.54, 1.807) is 24.3 Å². The molecule has 0 aromatic heterocycles. The van der Waals surface area contributed by atoms with Gasteiger partial charge in [0.1, 0.15) is 0 Å². The third-order valence-corrected chi connectivity index (χ3v) is 3.75. The molecular formula is C16H14ClNO4. The van der Waals surface area contributed by atoms with E-state index in [0.29, 0.717) is 11.1 Å². The molecule has 0 bridgehead atoms. The lowest BCUT2D eigenvalue weighted by molar-refractivity contribution is -0.384. The minimum Gasteiger partial charge on any atom is -0.481 e. The number of hydrogen-bond acceptors (Lipinski definition) is 3. The molecule has 0 saturated heterocycles.